The molecule has 0 unspecified atom stereocenters. The maximum Gasteiger partial charge on any atom is 0.0910 e. The van der Waals surface area contributed by atoms with Gasteiger partial charge in [0.25, 0.3) is 0 Å². The molecule has 2 rings (SSSR count). The number of rotatable bonds is 6. The summed E-state index contributed by atoms with van der Waals surface area (Å²) in [5, 5.41) is 3.92. The summed E-state index contributed by atoms with van der Waals surface area (Å²) in [4.78, 5) is 15.0. The molecule has 0 fully saturated rings. The number of aromatic nitrogens is 2. The number of anilines is 1. The van der Waals surface area contributed by atoms with E-state index in [4.69, 9.17) is 11.6 Å². The van der Waals surface area contributed by atoms with Crippen LogP contribution < -0.4 is 5.32 Å². The van der Waals surface area contributed by atoms with Crippen molar-refractivity contribution >= 4 is 29.3 Å². The molecule has 1 N–H and O–H groups in total. The zero-order valence-corrected chi connectivity index (χ0v) is 14.7. The van der Waals surface area contributed by atoms with Crippen molar-refractivity contribution < 1.29 is 0 Å². The molecule has 0 aliphatic heterocycles. The number of halogens is 1. The number of aliphatic imine (C=N–C) groups is 1. The van der Waals surface area contributed by atoms with E-state index >= 15 is 0 Å². The van der Waals surface area contributed by atoms with Crippen LogP contribution in [0.3, 0.4) is 0 Å². The first-order valence-electron chi connectivity index (χ1n) is 7.55. The molecular formula is C17H22ClN5. The molecule has 0 aliphatic rings. The van der Waals surface area contributed by atoms with Gasteiger partial charge in [0, 0.05) is 19.8 Å². The van der Waals surface area contributed by atoms with Crippen LogP contribution in [0.1, 0.15) is 23.9 Å². The maximum absolute atomic E-state index is 6.47. The normalized spacial score (nSPS) is 11.0. The maximum atomic E-state index is 6.47. The number of aryl methyl sites for hydroxylation is 2. The molecule has 1 aromatic heterocycles. The van der Waals surface area contributed by atoms with Gasteiger partial charge in [0.05, 0.1) is 46.9 Å². The Hall–Kier alpha value is -2.14. The first-order valence-corrected chi connectivity index (χ1v) is 7.93. The summed E-state index contributed by atoms with van der Waals surface area (Å²) >= 11 is 6.47. The molecule has 0 saturated carbocycles. The Morgan fingerprint density at radius 2 is 2.04 bits per heavy atom. The fraction of sp³-hybridized carbons (Fsp3) is 0.353. The van der Waals surface area contributed by atoms with Crippen molar-refractivity contribution in [3.8, 4) is 0 Å². The molecule has 6 heteroatoms. The fourth-order valence-corrected chi connectivity index (χ4v) is 2.14. The third-order valence-electron chi connectivity index (χ3n) is 3.38. The van der Waals surface area contributed by atoms with Gasteiger partial charge < -0.3 is 10.2 Å². The van der Waals surface area contributed by atoms with Gasteiger partial charge in [0.2, 0.25) is 0 Å². The topological polar surface area (TPSA) is 53.4 Å². The molecule has 0 atom stereocenters. The van der Waals surface area contributed by atoms with Crippen molar-refractivity contribution in [3.05, 3.63) is 46.5 Å². The number of hydrogen-bond donors (Lipinski definition) is 1. The van der Waals surface area contributed by atoms with E-state index in [9.17, 15) is 0 Å². The van der Waals surface area contributed by atoms with Gasteiger partial charge >= 0.3 is 0 Å². The smallest absolute Gasteiger partial charge is 0.0910 e. The highest BCUT2D eigenvalue weighted by Crippen LogP contribution is 2.34. The van der Waals surface area contributed by atoms with Gasteiger partial charge in [-0.2, -0.15) is 0 Å². The Balaban J connectivity index is 2.16. The summed E-state index contributed by atoms with van der Waals surface area (Å²) in [5.74, 6) is 0. The van der Waals surface area contributed by atoms with Crippen LogP contribution >= 0.6 is 11.6 Å². The Morgan fingerprint density at radius 1 is 1.26 bits per heavy atom. The minimum Gasteiger partial charge on any atom is -0.378 e. The summed E-state index contributed by atoms with van der Waals surface area (Å²) in [6.45, 7) is 7.47. The molecule has 0 saturated heterocycles. The highest BCUT2D eigenvalue weighted by Gasteiger charge is 2.07. The highest BCUT2D eigenvalue weighted by atomic mass is 35.5. The van der Waals surface area contributed by atoms with E-state index in [0.717, 1.165) is 34.9 Å². The lowest BCUT2D eigenvalue weighted by Crippen LogP contribution is -2.14. The zero-order chi connectivity index (χ0) is 16.8. The van der Waals surface area contributed by atoms with Gasteiger partial charge in [-0.15, -0.1) is 0 Å². The Morgan fingerprint density at radius 3 is 2.70 bits per heavy atom. The van der Waals surface area contributed by atoms with Crippen LogP contribution in [0.4, 0.5) is 11.4 Å². The van der Waals surface area contributed by atoms with E-state index in [2.05, 4.69) is 27.2 Å². The first-order chi connectivity index (χ1) is 11.0. The van der Waals surface area contributed by atoms with Gasteiger partial charge in [-0.05, 0) is 38.5 Å². The van der Waals surface area contributed by atoms with Crippen LogP contribution in [0, 0.1) is 13.8 Å². The largest absolute Gasteiger partial charge is 0.378 e. The molecule has 0 radical (unpaired) electrons. The number of nitrogens with zero attached hydrogens (tertiary/aromatic N) is 4. The lowest BCUT2D eigenvalue weighted by Gasteiger charge is -2.12. The van der Waals surface area contributed by atoms with Crippen molar-refractivity contribution in [1.82, 2.24) is 14.9 Å². The standard InChI is InChI=1S/C17H22ClN5/c1-5-23(4)11-22-16-7-12(2)6-15(17(16)18)21-10-14-9-19-13(3)8-20-14/h6-9,11,21H,5,10H2,1-4H3. The number of hydrogen-bond acceptors (Lipinski definition) is 4. The molecule has 2 aromatic rings. The number of nitrogens with one attached hydrogen (secondary N) is 1. The molecule has 0 spiro atoms. The third-order valence-corrected chi connectivity index (χ3v) is 3.78. The lowest BCUT2D eigenvalue weighted by molar-refractivity contribution is 0.552. The predicted molar refractivity (Wildman–Crippen MR) is 96.7 cm³/mol. The predicted octanol–water partition coefficient (Wildman–Crippen LogP) is 3.97. The van der Waals surface area contributed by atoms with Crippen LogP contribution in [0.15, 0.2) is 29.5 Å². The van der Waals surface area contributed by atoms with Crippen molar-refractivity contribution in [1.29, 1.82) is 0 Å². The molecule has 0 aliphatic carbocycles. The monoisotopic (exact) mass is 331 g/mol. The zero-order valence-electron chi connectivity index (χ0n) is 14.0. The second kappa shape index (κ2) is 7.92. The molecule has 1 aromatic carbocycles. The molecular weight excluding hydrogens is 310 g/mol. The highest BCUT2D eigenvalue weighted by molar-refractivity contribution is 6.35. The third kappa shape index (κ3) is 4.93. The minimum atomic E-state index is 0.564. The lowest BCUT2D eigenvalue weighted by atomic mass is 10.2. The van der Waals surface area contributed by atoms with Crippen LogP contribution in [-0.4, -0.2) is 34.8 Å². The van der Waals surface area contributed by atoms with Crippen molar-refractivity contribution in [2.24, 2.45) is 4.99 Å². The average molecular weight is 332 g/mol. The van der Waals surface area contributed by atoms with Gasteiger partial charge in [-0.25, -0.2) is 4.99 Å². The molecule has 23 heavy (non-hydrogen) atoms. The summed E-state index contributed by atoms with van der Waals surface area (Å²) in [5.41, 5.74) is 4.46. The Bertz CT molecular complexity index is 682. The molecule has 122 valence electrons. The van der Waals surface area contributed by atoms with Crippen molar-refractivity contribution in [2.75, 3.05) is 18.9 Å². The van der Waals surface area contributed by atoms with Crippen LogP contribution in [0.2, 0.25) is 5.02 Å². The summed E-state index contributed by atoms with van der Waals surface area (Å²) < 4.78 is 0. The molecule has 5 nitrogen and oxygen atoms in total. The second-order valence-electron chi connectivity index (χ2n) is 5.47. The van der Waals surface area contributed by atoms with Gasteiger partial charge in [-0.3, -0.25) is 9.97 Å². The van der Waals surface area contributed by atoms with E-state index in [1.54, 1.807) is 18.7 Å². The molecule has 1 heterocycles. The SMILES string of the molecule is CCN(C)C=Nc1cc(C)cc(NCc2cnc(C)cn2)c1Cl. The molecule has 0 amide bonds. The summed E-state index contributed by atoms with van der Waals surface area (Å²) in [6, 6.07) is 3.98. The van der Waals surface area contributed by atoms with E-state index < -0.39 is 0 Å². The number of benzene rings is 1. The quantitative estimate of drug-likeness (QED) is 0.642. The average Bonchev–Trinajstić information content (AvgIpc) is 2.55. The van der Waals surface area contributed by atoms with Gasteiger partial charge in [-0.1, -0.05) is 11.6 Å². The van der Waals surface area contributed by atoms with Crippen molar-refractivity contribution in [2.45, 2.75) is 27.3 Å². The Labute approximate surface area is 142 Å². The second-order valence-corrected chi connectivity index (χ2v) is 5.84. The Kier molecular flexibility index (Phi) is 5.93. The summed E-state index contributed by atoms with van der Waals surface area (Å²) in [7, 11) is 1.97. The van der Waals surface area contributed by atoms with Crippen molar-refractivity contribution in [3.63, 3.8) is 0 Å². The minimum absolute atomic E-state index is 0.564. The van der Waals surface area contributed by atoms with E-state index in [0.29, 0.717) is 11.6 Å². The van der Waals surface area contributed by atoms with E-state index in [1.165, 1.54) is 0 Å². The van der Waals surface area contributed by atoms with E-state index in [-0.39, 0.29) is 0 Å². The first kappa shape index (κ1) is 17.2. The fourth-order valence-electron chi connectivity index (χ4n) is 1.91. The van der Waals surface area contributed by atoms with Crippen LogP contribution in [0.25, 0.3) is 0 Å². The van der Waals surface area contributed by atoms with Crippen LogP contribution in [-0.2, 0) is 6.54 Å². The molecule has 0 bridgehead atoms. The van der Waals surface area contributed by atoms with E-state index in [1.807, 2.05) is 37.9 Å². The summed E-state index contributed by atoms with van der Waals surface area (Å²) in [6.07, 6.45) is 5.31. The van der Waals surface area contributed by atoms with Gasteiger partial charge in [0.15, 0.2) is 0 Å². The van der Waals surface area contributed by atoms with Gasteiger partial charge in [0.1, 0.15) is 0 Å². The van der Waals surface area contributed by atoms with Crippen LogP contribution in [0.5, 0.6) is 0 Å².